The third-order valence-corrected chi connectivity index (χ3v) is 1.67. The topological polar surface area (TPSA) is 58.6 Å². The average molecular weight is 128 g/mol. The van der Waals surface area contributed by atoms with Crippen molar-refractivity contribution in [1.82, 2.24) is 0 Å². The lowest BCUT2D eigenvalue weighted by molar-refractivity contribution is 0.123. The second kappa shape index (κ2) is 2.35. The number of nitrogens with zero attached hydrogens (tertiary/aromatic N) is 1. The monoisotopic (exact) mass is 128 g/mol. The number of hydrogen-bond donors (Lipinski definition) is 2. The van der Waals surface area contributed by atoms with Crippen molar-refractivity contribution in [3.05, 3.63) is 0 Å². The van der Waals surface area contributed by atoms with Gasteiger partial charge in [-0.15, -0.1) is 0 Å². The van der Waals surface area contributed by atoms with Crippen molar-refractivity contribution in [2.45, 2.75) is 19.4 Å². The van der Waals surface area contributed by atoms with E-state index in [0.717, 1.165) is 6.42 Å². The van der Waals surface area contributed by atoms with Gasteiger partial charge in [0.25, 0.3) is 0 Å². The van der Waals surface area contributed by atoms with E-state index in [9.17, 15) is 0 Å². The highest BCUT2D eigenvalue weighted by Gasteiger charge is 2.18. The maximum absolute atomic E-state index is 9.13. The van der Waals surface area contributed by atoms with Crippen molar-refractivity contribution in [2.24, 2.45) is 16.6 Å². The third-order valence-electron chi connectivity index (χ3n) is 1.67. The lowest BCUT2D eigenvalue weighted by atomic mass is 9.98. The summed E-state index contributed by atoms with van der Waals surface area (Å²) in [6, 6.07) is 0. The fourth-order valence-corrected chi connectivity index (χ4v) is 0.921. The smallest absolute Gasteiger partial charge is 0.0941 e. The van der Waals surface area contributed by atoms with Gasteiger partial charge >= 0.3 is 0 Å². The molecule has 0 aromatic carbocycles. The van der Waals surface area contributed by atoms with Gasteiger partial charge in [-0.2, -0.15) is 0 Å². The fourth-order valence-electron chi connectivity index (χ4n) is 0.921. The van der Waals surface area contributed by atoms with Crippen LogP contribution in [0, 0.1) is 5.92 Å². The number of aliphatic imine (C=N–C) groups is 1. The lowest BCUT2D eigenvalue weighted by Gasteiger charge is -2.21. The van der Waals surface area contributed by atoms with Gasteiger partial charge in [-0.1, -0.05) is 6.92 Å². The summed E-state index contributed by atoms with van der Waals surface area (Å²) in [5.74, 6) is 0.954. The number of nitrogens with two attached hydrogens (primary N) is 1. The summed E-state index contributed by atoms with van der Waals surface area (Å²) in [6.45, 7) is 2.46. The summed E-state index contributed by atoms with van der Waals surface area (Å²) >= 11 is 0. The molecule has 0 unspecified atom stereocenters. The SMILES string of the molecule is C[C@H]1CC(N)=NC[C@H]1O. The Balaban J connectivity index is 2.54. The second-order valence-corrected chi connectivity index (χ2v) is 2.58. The van der Waals surface area contributed by atoms with Gasteiger partial charge in [-0.25, -0.2) is 0 Å². The molecule has 3 heteroatoms. The minimum atomic E-state index is -0.280. The Morgan fingerprint density at radius 1 is 1.78 bits per heavy atom. The van der Waals surface area contributed by atoms with E-state index in [1.165, 1.54) is 0 Å². The van der Waals surface area contributed by atoms with Crippen molar-refractivity contribution in [3.63, 3.8) is 0 Å². The van der Waals surface area contributed by atoms with Gasteiger partial charge in [0.1, 0.15) is 0 Å². The Bertz CT molecular complexity index is 133. The van der Waals surface area contributed by atoms with E-state index >= 15 is 0 Å². The predicted octanol–water partition coefficient (Wildman–Crippen LogP) is -0.256. The molecule has 1 aliphatic rings. The molecule has 0 bridgehead atoms. The van der Waals surface area contributed by atoms with Crippen LogP contribution >= 0.6 is 0 Å². The maximum atomic E-state index is 9.13. The van der Waals surface area contributed by atoms with Gasteiger partial charge in [0, 0.05) is 6.42 Å². The van der Waals surface area contributed by atoms with Gasteiger partial charge in [0.15, 0.2) is 0 Å². The van der Waals surface area contributed by atoms with Crippen LogP contribution in [0.5, 0.6) is 0 Å². The van der Waals surface area contributed by atoms with Crippen LogP contribution in [-0.2, 0) is 0 Å². The van der Waals surface area contributed by atoms with Gasteiger partial charge in [0.05, 0.1) is 18.5 Å². The van der Waals surface area contributed by atoms with Gasteiger partial charge in [-0.3, -0.25) is 4.99 Å². The van der Waals surface area contributed by atoms with Crippen LogP contribution in [0.25, 0.3) is 0 Å². The molecule has 3 N–H and O–H groups in total. The predicted molar refractivity (Wildman–Crippen MR) is 36.3 cm³/mol. The molecule has 0 fully saturated rings. The summed E-state index contributed by atoms with van der Waals surface area (Å²) in [5, 5.41) is 9.13. The highest BCUT2D eigenvalue weighted by atomic mass is 16.3. The Morgan fingerprint density at radius 3 is 2.89 bits per heavy atom. The lowest BCUT2D eigenvalue weighted by Crippen LogP contribution is -2.32. The number of hydrogen-bond acceptors (Lipinski definition) is 3. The zero-order valence-corrected chi connectivity index (χ0v) is 5.54. The molecule has 0 aliphatic carbocycles. The van der Waals surface area contributed by atoms with E-state index in [4.69, 9.17) is 10.8 Å². The first-order valence-corrected chi connectivity index (χ1v) is 3.17. The molecule has 0 aromatic heterocycles. The van der Waals surface area contributed by atoms with Crippen LogP contribution in [0.2, 0.25) is 0 Å². The molecule has 1 heterocycles. The molecule has 0 saturated heterocycles. The number of aliphatic hydroxyl groups is 1. The summed E-state index contributed by atoms with van der Waals surface area (Å²) in [6.07, 6.45) is 0.457. The summed E-state index contributed by atoms with van der Waals surface area (Å²) in [4.78, 5) is 3.91. The van der Waals surface area contributed by atoms with Crippen LogP contribution in [0.3, 0.4) is 0 Å². The molecule has 0 saturated carbocycles. The molecule has 1 rings (SSSR count). The van der Waals surface area contributed by atoms with E-state index < -0.39 is 0 Å². The molecule has 0 radical (unpaired) electrons. The standard InChI is InChI=1S/C6H12N2O/c1-4-2-6(7)8-3-5(4)9/h4-5,9H,2-3H2,1H3,(H2,7,8)/t4-,5+/m0/s1. The van der Waals surface area contributed by atoms with Crippen LogP contribution in [-0.4, -0.2) is 23.6 Å². The molecule has 52 valence electrons. The zero-order chi connectivity index (χ0) is 6.85. The number of aliphatic hydroxyl groups excluding tert-OH is 1. The van der Waals surface area contributed by atoms with Crippen LogP contribution in [0.1, 0.15) is 13.3 Å². The summed E-state index contributed by atoms with van der Waals surface area (Å²) in [5.41, 5.74) is 5.43. The Labute approximate surface area is 54.6 Å². The quantitative estimate of drug-likeness (QED) is 0.472. The molecule has 0 amide bonds. The normalized spacial score (nSPS) is 36.0. The van der Waals surface area contributed by atoms with Crippen LogP contribution in [0.15, 0.2) is 4.99 Å². The molecule has 0 spiro atoms. The molecule has 3 nitrogen and oxygen atoms in total. The van der Waals surface area contributed by atoms with E-state index in [-0.39, 0.29) is 12.0 Å². The van der Waals surface area contributed by atoms with Gasteiger partial charge in [0.2, 0.25) is 0 Å². The van der Waals surface area contributed by atoms with Crippen molar-refractivity contribution in [2.75, 3.05) is 6.54 Å². The molecule has 2 atom stereocenters. The van der Waals surface area contributed by atoms with E-state index in [2.05, 4.69) is 4.99 Å². The van der Waals surface area contributed by atoms with E-state index in [1.54, 1.807) is 0 Å². The van der Waals surface area contributed by atoms with Crippen molar-refractivity contribution < 1.29 is 5.11 Å². The first-order chi connectivity index (χ1) is 4.20. The molecule has 1 aliphatic heterocycles. The van der Waals surface area contributed by atoms with E-state index in [0.29, 0.717) is 12.4 Å². The molecule has 9 heavy (non-hydrogen) atoms. The largest absolute Gasteiger partial charge is 0.391 e. The molecular formula is C6H12N2O. The average Bonchev–Trinajstić information content (AvgIpc) is 1.80. The summed E-state index contributed by atoms with van der Waals surface area (Å²) in [7, 11) is 0. The molecular weight excluding hydrogens is 116 g/mol. The number of amidine groups is 1. The van der Waals surface area contributed by atoms with Crippen molar-refractivity contribution in [3.8, 4) is 0 Å². The number of rotatable bonds is 0. The van der Waals surface area contributed by atoms with Crippen molar-refractivity contribution in [1.29, 1.82) is 0 Å². The fraction of sp³-hybridized carbons (Fsp3) is 0.833. The third kappa shape index (κ3) is 1.42. The Morgan fingerprint density at radius 2 is 2.44 bits per heavy atom. The van der Waals surface area contributed by atoms with E-state index in [1.807, 2.05) is 6.92 Å². The minimum absolute atomic E-state index is 0.280. The van der Waals surface area contributed by atoms with Gasteiger partial charge < -0.3 is 10.8 Å². The van der Waals surface area contributed by atoms with Crippen LogP contribution < -0.4 is 5.73 Å². The van der Waals surface area contributed by atoms with Crippen LogP contribution in [0.4, 0.5) is 0 Å². The Hall–Kier alpha value is -0.570. The summed E-state index contributed by atoms with van der Waals surface area (Å²) < 4.78 is 0. The van der Waals surface area contributed by atoms with Crippen molar-refractivity contribution >= 4 is 5.84 Å². The first kappa shape index (κ1) is 6.55. The highest BCUT2D eigenvalue weighted by Crippen LogP contribution is 2.12. The maximum Gasteiger partial charge on any atom is 0.0941 e. The second-order valence-electron chi connectivity index (χ2n) is 2.58. The Kier molecular flexibility index (Phi) is 1.71. The first-order valence-electron chi connectivity index (χ1n) is 3.17. The zero-order valence-electron chi connectivity index (χ0n) is 5.54. The molecule has 0 aromatic rings. The minimum Gasteiger partial charge on any atom is -0.391 e. The highest BCUT2D eigenvalue weighted by molar-refractivity contribution is 5.81. The van der Waals surface area contributed by atoms with Gasteiger partial charge in [-0.05, 0) is 5.92 Å².